The summed E-state index contributed by atoms with van der Waals surface area (Å²) in [6, 6.07) is 8.75. The number of hydrogen-bond donors (Lipinski definition) is 3. The van der Waals surface area contributed by atoms with Gasteiger partial charge in [0.25, 0.3) is 0 Å². The van der Waals surface area contributed by atoms with E-state index in [9.17, 15) is 14.7 Å². The van der Waals surface area contributed by atoms with E-state index in [0.29, 0.717) is 26.2 Å². The molecule has 1 aromatic carbocycles. The van der Waals surface area contributed by atoms with Gasteiger partial charge in [0.2, 0.25) is 5.91 Å². The fourth-order valence-electron chi connectivity index (χ4n) is 3.61. The molecule has 1 amide bonds. The van der Waals surface area contributed by atoms with Crippen molar-refractivity contribution >= 4 is 11.9 Å². The van der Waals surface area contributed by atoms with Crippen LogP contribution in [0, 0.1) is 17.8 Å². The van der Waals surface area contributed by atoms with E-state index in [1.54, 1.807) is 20.8 Å². The molecule has 1 unspecified atom stereocenters. The van der Waals surface area contributed by atoms with Crippen molar-refractivity contribution in [3.05, 3.63) is 48.0 Å². The lowest BCUT2D eigenvalue weighted by molar-refractivity contribution is -0.166. The lowest BCUT2D eigenvalue weighted by Crippen LogP contribution is -2.49. The second-order valence-electron chi connectivity index (χ2n) is 10.5. The Morgan fingerprint density at radius 3 is 2.34 bits per heavy atom. The van der Waals surface area contributed by atoms with E-state index in [2.05, 4.69) is 25.7 Å². The highest BCUT2D eigenvalue weighted by Crippen LogP contribution is 2.28. The molecule has 4 atom stereocenters. The van der Waals surface area contributed by atoms with Crippen LogP contribution >= 0.6 is 0 Å². The first kappa shape index (κ1) is 30.8. The third-order valence-electron chi connectivity index (χ3n) is 5.94. The quantitative estimate of drug-likeness (QED) is 0.195. The van der Waals surface area contributed by atoms with E-state index < -0.39 is 35.5 Å². The topological polar surface area (TPSA) is 111 Å². The van der Waals surface area contributed by atoms with Gasteiger partial charge in [0.1, 0.15) is 5.60 Å². The zero-order valence-corrected chi connectivity index (χ0v) is 22.4. The van der Waals surface area contributed by atoms with Crippen LogP contribution in [0.4, 0.5) is 0 Å². The standard InChI is InChI=1S/C28H46N2O5/c1-8-9-15-30-26(32)20(4)24(29)25(31)23(27(33)35-28(5,6)7)16-22(19(2)3)18-34-17-21-13-11-10-12-14-21/h10-14,19,22-25,31H,4,8-9,15-18,29H2,1-3,5-7H3,(H,30,32)/t22-,23+,24?,25-/m1/s1. The van der Waals surface area contributed by atoms with Gasteiger partial charge >= 0.3 is 5.97 Å². The second kappa shape index (κ2) is 15.0. The summed E-state index contributed by atoms with van der Waals surface area (Å²) >= 11 is 0. The fourth-order valence-corrected chi connectivity index (χ4v) is 3.61. The Balaban J connectivity index is 2.98. The summed E-state index contributed by atoms with van der Waals surface area (Å²) in [4.78, 5) is 25.6. The summed E-state index contributed by atoms with van der Waals surface area (Å²) < 4.78 is 11.6. The predicted molar refractivity (Wildman–Crippen MR) is 139 cm³/mol. The first-order chi connectivity index (χ1) is 16.4. The summed E-state index contributed by atoms with van der Waals surface area (Å²) in [6.07, 6.45) is 0.743. The van der Waals surface area contributed by atoms with Gasteiger partial charge < -0.3 is 25.6 Å². The lowest BCUT2D eigenvalue weighted by atomic mass is 9.81. The maximum atomic E-state index is 13.2. The van der Waals surface area contributed by atoms with Crippen molar-refractivity contribution in [2.75, 3.05) is 13.2 Å². The van der Waals surface area contributed by atoms with E-state index in [1.807, 2.05) is 37.3 Å². The number of aliphatic hydroxyl groups is 1. The van der Waals surface area contributed by atoms with E-state index in [0.717, 1.165) is 18.4 Å². The molecule has 7 nitrogen and oxygen atoms in total. The highest BCUT2D eigenvalue weighted by atomic mass is 16.6. The second-order valence-corrected chi connectivity index (χ2v) is 10.5. The smallest absolute Gasteiger partial charge is 0.312 e. The first-order valence-electron chi connectivity index (χ1n) is 12.6. The molecule has 0 fully saturated rings. The van der Waals surface area contributed by atoms with Crippen LogP contribution in [-0.2, 0) is 25.7 Å². The van der Waals surface area contributed by atoms with Crippen LogP contribution in [-0.4, -0.2) is 47.9 Å². The number of nitrogens with two attached hydrogens (primary N) is 1. The predicted octanol–water partition coefficient (Wildman–Crippen LogP) is 3.98. The van der Waals surface area contributed by atoms with E-state index in [1.165, 1.54) is 0 Å². The van der Waals surface area contributed by atoms with Crippen molar-refractivity contribution in [2.24, 2.45) is 23.5 Å². The molecular formula is C28H46N2O5. The fraction of sp³-hybridized carbons (Fsp3) is 0.643. The highest BCUT2D eigenvalue weighted by Gasteiger charge is 2.38. The van der Waals surface area contributed by atoms with Gasteiger partial charge in [-0.3, -0.25) is 9.59 Å². The van der Waals surface area contributed by atoms with E-state index >= 15 is 0 Å². The molecule has 0 saturated heterocycles. The van der Waals surface area contributed by atoms with Crippen LogP contribution in [0.25, 0.3) is 0 Å². The molecule has 1 aromatic rings. The average molecular weight is 491 g/mol. The minimum atomic E-state index is -1.33. The van der Waals surface area contributed by atoms with Gasteiger partial charge in [-0.05, 0) is 51.0 Å². The van der Waals surface area contributed by atoms with Crippen LogP contribution in [0.15, 0.2) is 42.5 Å². The van der Waals surface area contributed by atoms with Crippen LogP contribution in [0.1, 0.15) is 66.4 Å². The van der Waals surface area contributed by atoms with Crippen molar-refractivity contribution in [3.8, 4) is 0 Å². The Morgan fingerprint density at radius 2 is 1.80 bits per heavy atom. The van der Waals surface area contributed by atoms with Gasteiger partial charge in [0.15, 0.2) is 0 Å². The maximum Gasteiger partial charge on any atom is 0.312 e. The Hall–Kier alpha value is -2.22. The molecule has 1 rings (SSSR count). The van der Waals surface area contributed by atoms with Gasteiger partial charge in [-0.15, -0.1) is 0 Å². The summed E-state index contributed by atoms with van der Waals surface area (Å²) in [5.74, 6) is -1.76. The number of hydrogen-bond acceptors (Lipinski definition) is 6. The van der Waals surface area contributed by atoms with Crippen molar-refractivity contribution in [1.29, 1.82) is 0 Å². The summed E-state index contributed by atoms with van der Waals surface area (Å²) in [5, 5.41) is 13.9. The highest BCUT2D eigenvalue weighted by molar-refractivity contribution is 5.94. The van der Waals surface area contributed by atoms with Gasteiger partial charge in [-0.1, -0.05) is 64.1 Å². The van der Waals surface area contributed by atoms with Crippen LogP contribution in [0.2, 0.25) is 0 Å². The third kappa shape index (κ3) is 11.4. The number of unbranched alkanes of at least 4 members (excludes halogenated alkanes) is 1. The van der Waals surface area contributed by atoms with Crippen LogP contribution in [0.3, 0.4) is 0 Å². The number of amides is 1. The number of carbonyl (C=O) groups is 2. The van der Waals surface area contributed by atoms with Gasteiger partial charge in [0.05, 0.1) is 31.3 Å². The molecule has 0 aromatic heterocycles. The number of esters is 1. The monoisotopic (exact) mass is 490 g/mol. The third-order valence-corrected chi connectivity index (χ3v) is 5.94. The van der Waals surface area contributed by atoms with Crippen molar-refractivity contribution in [1.82, 2.24) is 5.32 Å². The van der Waals surface area contributed by atoms with Gasteiger partial charge in [-0.2, -0.15) is 0 Å². The lowest BCUT2D eigenvalue weighted by Gasteiger charge is -2.33. The number of nitrogens with one attached hydrogen (secondary N) is 1. The summed E-state index contributed by atoms with van der Waals surface area (Å²) in [6.45, 7) is 16.6. The number of carbonyl (C=O) groups excluding carboxylic acids is 2. The van der Waals surface area contributed by atoms with Crippen molar-refractivity contribution in [2.45, 2.75) is 85.2 Å². The van der Waals surface area contributed by atoms with Crippen molar-refractivity contribution in [3.63, 3.8) is 0 Å². The Bertz CT molecular complexity index is 788. The number of benzene rings is 1. The molecule has 0 spiro atoms. The molecular weight excluding hydrogens is 444 g/mol. The van der Waals surface area contributed by atoms with Gasteiger partial charge in [-0.25, -0.2) is 0 Å². The normalized spacial score (nSPS) is 15.2. The summed E-state index contributed by atoms with van der Waals surface area (Å²) in [5.41, 5.74) is 6.62. The minimum absolute atomic E-state index is 0.0373. The van der Waals surface area contributed by atoms with Crippen molar-refractivity contribution < 1.29 is 24.2 Å². The molecule has 0 heterocycles. The number of rotatable bonds is 15. The molecule has 0 bridgehead atoms. The Labute approximate surface area is 211 Å². The molecule has 0 aliphatic heterocycles. The largest absolute Gasteiger partial charge is 0.460 e. The Morgan fingerprint density at radius 1 is 1.17 bits per heavy atom. The molecule has 198 valence electrons. The molecule has 35 heavy (non-hydrogen) atoms. The molecule has 4 N–H and O–H groups in total. The molecule has 0 saturated carbocycles. The zero-order chi connectivity index (χ0) is 26.6. The SMILES string of the molecule is C=C(C(=O)NCCCC)C(N)[C@H](O)[C@H](C[C@H](COCc1ccccc1)C(C)C)C(=O)OC(C)(C)C. The average Bonchev–Trinajstić information content (AvgIpc) is 2.79. The van der Waals surface area contributed by atoms with Gasteiger partial charge in [0, 0.05) is 12.1 Å². The van der Waals surface area contributed by atoms with E-state index in [4.69, 9.17) is 15.2 Å². The first-order valence-corrected chi connectivity index (χ1v) is 12.6. The minimum Gasteiger partial charge on any atom is -0.460 e. The summed E-state index contributed by atoms with van der Waals surface area (Å²) in [7, 11) is 0. The zero-order valence-electron chi connectivity index (χ0n) is 22.4. The number of ether oxygens (including phenoxy) is 2. The molecule has 0 radical (unpaired) electrons. The van der Waals surface area contributed by atoms with Crippen LogP contribution < -0.4 is 11.1 Å². The molecule has 7 heteroatoms. The van der Waals surface area contributed by atoms with E-state index in [-0.39, 0.29) is 17.4 Å². The molecule has 0 aliphatic rings. The Kier molecular flexibility index (Phi) is 13.2. The van der Waals surface area contributed by atoms with Crippen LogP contribution in [0.5, 0.6) is 0 Å². The maximum absolute atomic E-state index is 13.2. The number of aliphatic hydroxyl groups excluding tert-OH is 1. The molecule has 0 aliphatic carbocycles.